The van der Waals surface area contributed by atoms with E-state index in [1.807, 2.05) is 0 Å². The van der Waals surface area contributed by atoms with E-state index in [9.17, 15) is 22.0 Å². The number of anilines is 2. The van der Waals surface area contributed by atoms with Crippen LogP contribution in [0.25, 0.3) is 0 Å². The van der Waals surface area contributed by atoms with Crippen LogP contribution in [-0.4, -0.2) is 14.3 Å². The van der Waals surface area contributed by atoms with Crippen LogP contribution in [0.1, 0.15) is 11.1 Å². The van der Waals surface area contributed by atoms with Gasteiger partial charge in [-0.25, -0.2) is 17.2 Å². The molecule has 0 aliphatic carbocycles. The number of carbonyl (C=O) groups excluding carboxylic acids is 1. The van der Waals surface area contributed by atoms with Crippen molar-refractivity contribution in [3.63, 3.8) is 0 Å². The molecule has 0 fully saturated rings. The average Bonchev–Trinajstić information content (AvgIpc) is 2.66. The summed E-state index contributed by atoms with van der Waals surface area (Å²) in [6.07, 6.45) is 0.0712. The number of halogens is 2. The zero-order valence-electron chi connectivity index (χ0n) is 15.4. The molecule has 0 radical (unpaired) electrons. The Morgan fingerprint density at radius 2 is 1.52 bits per heavy atom. The Labute approximate surface area is 167 Å². The largest absolute Gasteiger partial charge is 0.326 e. The van der Waals surface area contributed by atoms with Crippen LogP contribution < -0.4 is 10.0 Å². The minimum Gasteiger partial charge on any atom is -0.326 e. The average molecular weight is 416 g/mol. The standard InChI is InChI=1S/C21H18F2N2O3S/c1-14-12-17(23)6-11-20(14)24-21(26)13-15-2-7-18(8-3-15)25-29(27,28)19-9-4-16(22)5-10-19/h2-12,25H,13H2,1H3,(H,24,26). The van der Waals surface area contributed by atoms with E-state index in [0.29, 0.717) is 22.5 Å². The number of rotatable bonds is 6. The lowest BCUT2D eigenvalue weighted by Crippen LogP contribution is -2.15. The molecule has 0 unspecified atom stereocenters. The zero-order chi connectivity index (χ0) is 21.0. The molecule has 0 atom stereocenters. The van der Waals surface area contributed by atoms with Gasteiger partial charge >= 0.3 is 0 Å². The lowest BCUT2D eigenvalue weighted by molar-refractivity contribution is -0.115. The van der Waals surface area contributed by atoms with Gasteiger partial charge in [0.05, 0.1) is 11.3 Å². The van der Waals surface area contributed by atoms with Crippen LogP contribution in [0.2, 0.25) is 0 Å². The fraction of sp³-hybridized carbons (Fsp3) is 0.0952. The van der Waals surface area contributed by atoms with Crippen molar-refractivity contribution in [2.75, 3.05) is 10.0 Å². The highest BCUT2D eigenvalue weighted by molar-refractivity contribution is 7.92. The molecule has 2 N–H and O–H groups in total. The number of nitrogens with one attached hydrogen (secondary N) is 2. The Morgan fingerprint density at radius 3 is 2.14 bits per heavy atom. The molecule has 3 aromatic carbocycles. The zero-order valence-corrected chi connectivity index (χ0v) is 16.3. The Balaban J connectivity index is 1.63. The molecule has 0 aromatic heterocycles. The van der Waals surface area contributed by atoms with E-state index in [0.717, 1.165) is 12.1 Å². The second kappa shape index (κ2) is 8.40. The van der Waals surface area contributed by atoms with E-state index in [4.69, 9.17) is 0 Å². The van der Waals surface area contributed by atoms with E-state index >= 15 is 0 Å². The molecule has 1 amide bonds. The molecule has 29 heavy (non-hydrogen) atoms. The van der Waals surface area contributed by atoms with Crippen LogP contribution in [-0.2, 0) is 21.2 Å². The van der Waals surface area contributed by atoms with Crippen molar-refractivity contribution in [3.8, 4) is 0 Å². The van der Waals surface area contributed by atoms with E-state index < -0.39 is 15.8 Å². The SMILES string of the molecule is Cc1cc(F)ccc1NC(=O)Cc1ccc(NS(=O)(=O)c2ccc(F)cc2)cc1. The lowest BCUT2D eigenvalue weighted by atomic mass is 10.1. The van der Waals surface area contributed by atoms with Gasteiger partial charge in [-0.05, 0) is 72.6 Å². The monoisotopic (exact) mass is 416 g/mol. The van der Waals surface area contributed by atoms with Gasteiger partial charge in [0.25, 0.3) is 10.0 Å². The first-order valence-electron chi connectivity index (χ1n) is 8.66. The van der Waals surface area contributed by atoms with Gasteiger partial charge in [0, 0.05) is 11.4 Å². The summed E-state index contributed by atoms with van der Waals surface area (Å²) in [6, 6.07) is 14.9. The molecular formula is C21H18F2N2O3S. The van der Waals surface area contributed by atoms with Gasteiger partial charge < -0.3 is 5.32 Å². The number of amides is 1. The van der Waals surface area contributed by atoms with E-state index in [2.05, 4.69) is 10.0 Å². The molecule has 5 nitrogen and oxygen atoms in total. The number of carbonyl (C=O) groups is 1. The minimum atomic E-state index is -3.84. The number of aryl methyl sites for hydroxylation is 1. The molecule has 150 valence electrons. The van der Waals surface area contributed by atoms with Gasteiger partial charge in [-0.3, -0.25) is 9.52 Å². The quantitative estimate of drug-likeness (QED) is 0.631. The van der Waals surface area contributed by atoms with Crippen LogP contribution >= 0.6 is 0 Å². The van der Waals surface area contributed by atoms with E-state index in [-0.39, 0.29) is 23.0 Å². The van der Waals surface area contributed by atoms with Crippen molar-refractivity contribution in [3.05, 3.63) is 89.5 Å². The molecule has 0 saturated carbocycles. The summed E-state index contributed by atoms with van der Waals surface area (Å²) in [5, 5.41) is 2.72. The molecular weight excluding hydrogens is 398 g/mol. The van der Waals surface area contributed by atoms with Gasteiger partial charge in [-0.15, -0.1) is 0 Å². The Morgan fingerprint density at radius 1 is 0.897 bits per heavy atom. The van der Waals surface area contributed by atoms with Crippen LogP contribution in [0.4, 0.5) is 20.2 Å². The Hall–Kier alpha value is -3.26. The summed E-state index contributed by atoms with van der Waals surface area (Å²) in [5.74, 6) is -1.18. The van der Waals surface area contributed by atoms with Gasteiger partial charge in [0.2, 0.25) is 5.91 Å². The van der Waals surface area contributed by atoms with Gasteiger partial charge in [-0.2, -0.15) is 0 Å². The molecule has 8 heteroatoms. The highest BCUT2D eigenvalue weighted by Crippen LogP contribution is 2.19. The predicted octanol–water partition coefficient (Wildman–Crippen LogP) is 4.26. The van der Waals surface area contributed by atoms with Crippen LogP contribution in [0.3, 0.4) is 0 Å². The summed E-state index contributed by atoms with van der Waals surface area (Å²) in [4.78, 5) is 12.1. The minimum absolute atomic E-state index is 0.0583. The van der Waals surface area contributed by atoms with Gasteiger partial charge in [0.1, 0.15) is 11.6 Å². The number of hydrogen-bond donors (Lipinski definition) is 2. The van der Waals surface area contributed by atoms with Crippen molar-refractivity contribution in [1.82, 2.24) is 0 Å². The maximum absolute atomic E-state index is 13.1. The van der Waals surface area contributed by atoms with Crippen molar-refractivity contribution in [1.29, 1.82) is 0 Å². The topological polar surface area (TPSA) is 75.3 Å². The van der Waals surface area contributed by atoms with Crippen molar-refractivity contribution in [2.24, 2.45) is 0 Å². The molecule has 0 bridgehead atoms. The fourth-order valence-electron chi connectivity index (χ4n) is 2.67. The van der Waals surface area contributed by atoms with Crippen LogP contribution in [0.15, 0.2) is 71.6 Å². The maximum atomic E-state index is 13.1. The van der Waals surface area contributed by atoms with Crippen LogP contribution in [0, 0.1) is 18.6 Å². The van der Waals surface area contributed by atoms with E-state index in [1.165, 1.54) is 42.5 Å². The fourth-order valence-corrected chi connectivity index (χ4v) is 3.72. The summed E-state index contributed by atoms with van der Waals surface area (Å²) in [5.41, 5.74) is 2.13. The van der Waals surface area contributed by atoms with Crippen molar-refractivity contribution in [2.45, 2.75) is 18.2 Å². The molecule has 0 aliphatic heterocycles. The third kappa shape index (κ3) is 5.39. The lowest BCUT2D eigenvalue weighted by Gasteiger charge is -2.10. The molecule has 0 spiro atoms. The highest BCUT2D eigenvalue weighted by atomic mass is 32.2. The van der Waals surface area contributed by atoms with Crippen molar-refractivity contribution < 1.29 is 22.0 Å². The second-order valence-electron chi connectivity index (χ2n) is 6.44. The molecule has 0 aliphatic rings. The molecule has 0 heterocycles. The number of benzene rings is 3. The normalized spacial score (nSPS) is 11.1. The van der Waals surface area contributed by atoms with Crippen LogP contribution in [0.5, 0.6) is 0 Å². The smallest absolute Gasteiger partial charge is 0.261 e. The highest BCUT2D eigenvalue weighted by Gasteiger charge is 2.14. The summed E-state index contributed by atoms with van der Waals surface area (Å²) in [6.45, 7) is 1.70. The molecule has 3 rings (SSSR count). The molecule has 3 aromatic rings. The summed E-state index contributed by atoms with van der Waals surface area (Å²) in [7, 11) is -3.84. The first-order valence-corrected chi connectivity index (χ1v) is 10.1. The predicted molar refractivity (Wildman–Crippen MR) is 107 cm³/mol. The molecule has 0 saturated heterocycles. The Kier molecular flexibility index (Phi) is 5.93. The third-order valence-corrected chi connectivity index (χ3v) is 5.55. The second-order valence-corrected chi connectivity index (χ2v) is 8.12. The summed E-state index contributed by atoms with van der Waals surface area (Å²) < 4.78 is 53.1. The first kappa shape index (κ1) is 20.5. The van der Waals surface area contributed by atoms with Gasteiger partial charge in [-0.1, -0.05) is 12.1 Å². The van der Waals surface area contributed by atoms with Gasteiger partial charge in [0.15, 0.2) is 0 Å². The number of hydrogen-bond acceptors (Lipinski definition) is 3. The summed E-state index contributed by atoms with van der Waals surface area (Å²) >= 11 is 0. The Bertz CT molecular complexity index is 1130. The third-order valence-electron chi connectivity index (χ3n) is 4.16. The number of sulfonamides is 1. The first-order chi connectivity index (χ1) is 13.7. The maximum Gasteiger partial charge on any atom is 0.261 e. The van der Waals surface area contributed by atoms with Crippen molar-refractivity contribution >= 4 is 27.3 Å². The van der Waals surface area contributed by atoms with E-state index in [1.54, 1.807) is 19.1 Å².